The van der Waals surface area contributed by atoms with Crippen LogP contribution in [-0.4, -0.2) is 10.8 Å². The maximum absolute atomic E-state index is 6.36. The first kappa shape index (κ1) is 14.8. The highest BCUT2D eigenvalue weighted by Gasteiger charge is 2.48. The molecule has 0 aliphatic carbocycles. The predicted octanol–water partition coefficient (Wildman–Crippen LogP) is 4.58. The largest absolute Gasteiger partial charge is 0.467 e. The molecule has 0 radical (unpaired) electrons. The van der Waals surface area contributed by atoms with Crippen LogP contribution in [0.15, 0.2) is 42.5 Å². The molecular weight excluding hydrogens is 328 g/mol. The fourth-order valence-corrected chi connectivity index (χ4v) is 4.12. The molecule has 1 fully saturated rings. The van der Waals surface area contributed by atoms with Gasteiger partial charge in [-0.05, 0) is 62.0 Å². The normalized spacial score (nSPS) is 25.4. The topological polar surface area (TPSA) is 24.5 Å². The molecule has 23 heavy (non-hydrogen) atoms. The Morgan fingerprint density at radius 2 is 2.13 bits per heavy atom. The van der Waals surface area contributed by atoms with Crippen molar-refractivity contribution >= 4 is 34.6 Å². The first-order valence-corrected chi connectivity index (χ1v) is 8.41. The van der Waals surface area contributed by atoms with Gasteiger partial charge in [-0.3, -0.25) is 4.90 Å². The number of ether oxygens (including phenoxy) is 1. The number of thiocarbonyl (C=S) groups is 1. The van der Waals surface area contributed by atoms with Gasteiger partial charge in [-0.2, -0.15) is 0 Å². The number of halogens is 1. The summed E-state index contributed by atoms with van der Waals surface area (Å²) in [5.74, 6) is 0.862. The molecule has 0 aromatic heterocycles. The summed E-state index contributed by atoms with van der Waals surface area (Å²) in [6, 6.07) is 14.2. The molecule has 0 spiro atoms. The van der Waals surface area contributed by atoms with Crippen LogP contribution in [0.1, 0.15) is 30.5 Å². The smallest absolute Gasteiger partial charge is 0.188 e. The second-order valence-electron chi connectivity index (χ2n) is 6.34. The van der Waals surface area contributed by atoms with Gasteiger partial charge in [0.1, 0.15) is 5.75 Å². The highest BCUT2D eigenvalue weighted by Crippen LogP contribution is 2.46. The van der Waals surface area contributed by atoms with Crippen LogP contribution in [0.2, 0.25) is 5.02 Å². The van der Waals surface area contributed by atoms with Crippen molar-refractivity contribution in [1.29, 1.82) is 0 Å². The highest BCUT2D eigenvalue weighted by molar-refractivity contribution is 7.80. The Morgan fingerprint density at radius 3 is 2.91 bits per heavy atom. The number of hydrogen-bond acceptors (Lipinski definition) is 2. The van der Waals surface area contributed by atoms with Crippen LogP contribution in [0, 0.1) is 6.92 Å². The lowest BCUT2D eigenvalue weighted by Gasteiger charge is -2.52. The van der Waals surface area contributed by atoms with E-state index >= 15 is 0 Å². The fraction of sp³-hybridized carbons (Fsp3) is 0.278. The van der Waals surface area contributed by atoms with Gasteiger partial charge >= 0.3 is 0 Å². The summed E-state index contributed by atoms with van der Waals surface area (Å²) in [6.07, 6.45) is 0.800. The molecule has 1 saturated heterocycles. The van der Waals surface area contributed by atoms with Crippen LogP contribution in [0.3, 0.4) is 0 Å². The molecule has 0 saturated carbocycles. The number of aryl methyl sites for hydroxylation is 1. The molecule has 0 unspecified atom stereocenters. The van der Waals surface area contributed by atoms with E-state index in [1.54, 1.807) is 0 Å². The van der Waals surface area contributed by atoms with Gasteiger partial charge in [0.25, 0.3) is 0 Å². The number of rotatable bonds is 1. The number of nitrogens with zero attached hydrogens (tertiary/aromatic N) is 1. The number of fused-ring (bicyclic) bond motifs is 4. The quantitative estimate of drug-likeness (QED) is 0.765. The van der Waals surface area contributed by atoms with E-state index in [2.05, 4.69) is 42.3 Å². The third-order valence-electron chi connectivity index (χ3n) is 4.49. The van der Waals surface area contributed by atoms with E-state index in [-0.39, 0.29) is 6.04 Å². The zero-order valence-electron chi connectivity index (χ0n) is 13.0. The molecule has 2 atom stereocenters. The summed E-state index contributed by atoms with van der Waals surface area (Å²) < 4.78 is 6.36. The van der Waals surface area contributed by atoms with Crippen molar-refractivity contribution in [2.24, 2.45) is 0 Å². The summed E-state index contributed by atoms with van der Waals surface area (Å²) in [7, 11) is 0. The SMILES string of the molecule is Cc1cccc(N2C(=S)N[C@H]3C[C@@]2(C)Oc2ccc(Cl)cc23)c1. The number of nitrogens with one attached hydrogen (secondary N) is 1. The fourth-order valence-electron chi connectivity index (χ4n) is 3.50. The Balaban J connectivity index is 1.81. The van der Waals surface area contributed by atoms with Gasteiger partial charge in [-0.1, -0.05) is 23.7 Å². The highest BCUT2D eigenvalue weighted by atomic mass is 35.5. The van der Waals surface area contributed by atoms with Crippen LogP contribution in [0.5, 0.6) is 5.75 Å². The molecule has 2 aromatic rings. The summed E-state index contributed by atoms with van der Waals surface area (Å²) in [4.78, 5) is 2.07. The number of anilines is 1. The van der Waals surface area contributed by atoms with Crippen molar-refractivity contribution in [3.8, 4) is 5.75 Å². The molecule has 1 N–H and O–H groups in total. The van der Waals surface area contributed by atoms with E-state index in [1.807, 2.05) is 24.3 Å². The molecule has 2 aliphatic heterocycles. The van der Waals surface area contributed by atoms with Gasteiger partial charge in [-0.25, -0.2) is 0 Å². The van der Waals surface area contributed by atoms with Crippen molar-refractivity contribution < 1.29 is 4.74 Å². The van der Waals surface area contributed by atoms with E-state index in [1.165, 1.54) is 5.56 Å². The summed E-state index contributed by atoms with van der Waals surface area (Å²) in [6.45, 7) is 4.17. The third-order valence-corrected chi connectivity index (χ3v) is 5.03. The predicted molar refractivity (Wildman–Crippen MR) is 97.2 cm³/mol. The summed E-state index contributed by atoms with van der Waals surface area (Å²) in [5.41, 5.74) is 2.79. The van der Waals surface area contributed by atoms with E-state index < -0.39 is 5.72 Å². The summed E-state index contributed by atoms with van der Waals surface area (Å²) >= 11 is 11.8. The van der Waals surface area contributed by atoms with Crippen LogP contribution in [0.4, 0.5) is 5.69 Å². The molecular formula is C18H17ClN2OS. The Bertz CT molecular complexity index is 809. The van der Waals surface area contributed by atoms with Gasteiger partial charge in [0.05, 0.1) is 6.04 Å². The van der Waals surface area contributed by atoms with E-state index in [4.69, 9.17) is 28.6 Å². The van der Waals surface area contributed by atoms with Crippen molar-refractivity contribution in [3.05, 3.63) is 58.6 Å². The van der Waals surface area contributed by atoms with E-state index in [0.29, 0.717) is 10.1 Å². The average molecular weight is 345 g/mol. The molecule has 0 amide bonds. The van der Waals surface area contributed by atoms with Crippen molar-refractivity contribution in [3.63, 3.8) is 0 Å². The average Bonchev–Trinajstić information content (AvgIpc) is 2.47. The Hall–Kier alpha value is -1.78. The first-order valence-electron chi connectivity index (χ1n) is 7.62. The number of benzene rings is 2. The van der Waals surface area contributed by atoms with Gasteiger partial charge < -0.3 is 10.1 Å². The monoisotopic (exact) mass is 344 g/mol. The van der Waals surface area contributed by atoms with Gasteiger partial charge in [-0.15, -0.1) is 0 Å². The lowest BCUT2D eigenvalue weighted by molar-refractivity contribution is 0.0498. The lowest BCUT2D eigenvalue weighted by Crippen LogP contribution is -2.65. The Labute approximate surface area is 146 Å². The van der Waals surface area contributed by atoms with Crippen molar-refractivity contribution in [2.75, 3.05) is 4.90 Å². The third kappa shape index (κ3) is 2.37. The lowest BCUT2D eigenvalue weighted by atomic mass is 9.90. The van der Waals surface area contributed by atoms with Crippen LogP contribution in [0.25, 0.3) is 0 Å². The second-order valence-corrected chi connectivity index (χ2v) is 7.16. The standard InChI is InChI=1S/C18H17ClN2OS/c1-11-4-3-5-13(8-11)21-17(23)20-15-10-18(21,2)22-16-7-6-12(19)9-14(15)16/h3-9,15H,10H2,1-2H3,(H,20,23)/t15-,18+/m0/s1. The van der Waals surface area contributed by atoms with Crippen LogP contribution >= 0.6 is 23.8 Å². The number of hydrogen-bond donors (Lipinski definition) is 1. The zero-order valence-corrected chi connectivity index (χ0v) is 14.5. The van der Waals surface area contributed by atoms with E-state index in [0.717, 1.165) is 23.4 Å². The van der Waals surface area contributed by atoms with E-state index in [9.17, 15) is 0 Å². The second kappa shape index (κ2) is 5.11. The molecule has 2 heterocycles. The molecule has 4 rings (SSSR count). The minimum Gasteiger partial charge on any atom is -0.467 e. The molecule has 2 bridgehead atoms. The van der Waals surface area contributed by atoms with Gasteiger partial charge in [0, 0.05) is 22.7 Å². The zero-order chi connectivity index (χ0) is 16.2. The molecule has 2 aliphatic rings. The molecule has 2 aromatic carbocycles. The maximum atomic E-state index is 6.36. The molecule has 118 valence electrons. The van der Waals surface area contributed by atoms with Crippen molar-refractivity contribution in [2.45, 2.75) is 32.0 Å². The van der Waals surface area contributed by atoms with Crippen LogP contribution < -0.4 is 15.0 Å². The van der Waals surface area contributed by atoms with Crippen molar-refractivity contribution in [1.82, 2.24) is 5.32 Å². The maximum Gasteiger partial charge on any atom is 0.188 e. The molecule has 5 heteroatoms. The minimum atomic E-state index is -0.512. The minimum absolute atomic E-state index is 0.121. The Morgan fingerprint density at radius 1 is 1.30 bits per heavy atom. The van der Waals surface area contributed by atoms with Gasteiger partial charge in [0.15, 0.2) is 10.8 Å². The first-order chi connectivity index (χ1) is 11.0. The van der Waals surface area contributed by atoms with Gasteiger partial charge in [0.2, 0.25) is 0 Å². The Kier molecular flexibility index (Phi) is 3.29. The summed E-state index contributed by atoms with van der Waals surface area (Å²) in [5, 5.41) is 4.84. The van der Waals surface area contributed by atoms with Crippen LogP contribution in [-0.2, 0) is 0 Å². The molecule has 3 nitrogen and oxygen atoms in total.